The second kappa shape index (κ2) is 11.6. The molecule has 4 aromatic rings. The smallest absolute Gasteiger partial charge is 0.272 e. The SMILES string of the molecule is CN1C(=O)[C@@H](NC(=O)[C@@H](c2ccc(F)cc2)C(O)c2ccc(Cl)c(Cl)c2)N=C(c2ccccc2)c2ccccc21. The molecule has 1 unspecified atom stereocenters. The van der Waals surface area contributed by atoms with Crippen LogP contribution in [0.25, 0.3) is 0 Å². The first kappa shape index (κ1) is 27.5. The number of benzene rings is 4. The van der Waals surface area contributed by atoms with Crippen LogP contribution in [0.2, 0.25) is 10.0 Å². The molecule has 2 N–H and O–H groups in total. The Morgan fingerprint density at radius 1 is 0.925 bits per heavy atom. The first-order valence-electron chi connectivity index (χ1n) is 12.4. The number of hydrogen-bond acceptors (Lipinski definition) is 4. The van der Waals surface area contributed by atoms with Crippen LogP contribution in [0.4, 0.5) is 10.1 Å². The van der Waals surface area contributed by atoms with Crippen LogP contribution >= 0.6 is 23.2 Å². The summed E-state index contributed by atoms with van der Waals surface area (Å²) in [7, 11) is 1.62. The molecule has 2 amide bonds. The zero-order chi connectivity index (χ0) is 28.4. The highest BCUT2D eigenvalue weighted by Crippen LogP contribution is 2.35. The Kier molecular flexibility index (Phi) is 7.98. The second-order valence-electron chi connectivity index (χ2n) is 9.32. The molecule has 6 nitrogen and oxygen atoms in total. The number of aliphatic hydroxyl groups is 1. The van der Waals surface area contributed by atoms with Crippen LogP contribution < -0.4 is 10.2 Å². The van der Waals surface area contributed by atoms with Crippen molar-refractivity contribution in [2.75, 3.05) is 11.9 Å². The fourth-order valence-electron chi connectivity index (χ4n) is 4.70. The van der Waals surface area contributed by atoms with Crippen LogP contribution in [0.15, 0.2) is 102 Å². The van der Waals surface area contributed by atoms with E-state index < -0.39 is 35.8 Å². The lowest BCUT2D eigenvalue weighted by atomic mass is 9.88. The summed E-state index contributed by atoms with van der Waals surface area (Å²) in [5, 5.41) is 14.6. The summed E-state index contributed by atoms with van der Waals surface area (Å²) in [5.41, 5.74) is 3.32. The molecule has 5 rings (SSSR count). The molecule has 0 spiro atoms. The molecule has 0 aliphatic carbocycles. The van der Waals surface area contributed by atoms with E-state index in [0.29, 0.717) is 22.5 Å². The molecule has 0 saturated carbocycles. The molecule has 0 fully saturated rings. The number of rotatable bonds is 6. The van der Waals surface area contributed by atoms with Crippen LogP contribution in [-0.4, -0.2) is 35.8 Å². The minimum Gasteiger partial charge on any atom is -0.387 e. The number of carbonyl (C=O) groups excluding carboxylic acids is 2. The molecule has 40 heavy (non-hydrogen) atoms. The minimum absolute atomic E-state index is 0.201. The summed E-state index contributed by atoms with van der Waals surface area (Å²) in [4.78, 5) is 33.7. The predicted octanol–water partition coefficient (Wildman–Crippen LogP) is 5.91. The summed E-state index contributed by atoms with van der Waals surface area (Å²) in [6.07, 6.45) is -2.70. The van der Waals surface area contributed by atoms with Gasteiger partial charge in [-0.2, -0.15) is 0 Å². The monoisotopic (exact) mass is 575 g/mol. The van der Waals surface area contributed by atoms with Crippen LogP contribution in [0.1, 0.15) is 34.3 Å². The van der Waals surface area contributed by atoms with E-state index in [1.807, 2.05) is 54.6 Å². The van der Waals surface area contributed by atoms with Gasteiger partial charge in [0.05, 0.1) is 33.5 Å². The number of benzodiazepines with no additional fused rings is 1. The molecule has 4 aromatic carbocycles. The van der Waals surface area contributed by atoms with Crippen LogP contribution in [0.5, 0.6) is 0 Å². The van der Waals surface area contributed by atoms with Crippen molar-refractivity contribution in [3.05, 3.63) is 135 Å². The first-order chi connectivity index (χ1) is 19.2. The Bertz CT molecular complexity index is 1600. The second-order valence-corrected chi connectivity index (χ2v) is 10.1. The number of nitrogens with zero attached hydrogens (tertiary/aromatic N) is 2. The normalized spacial score (nSPS) is 16.4. The number of hydrogen-bond donors (Lipinski definition) is 2. The summed E-state index contributed by atoms with van der Waals surface area (Å²) >= 11 is 12.2. The summed E-state index contributed by atoms with van der Waals surface area (Å²) < 4.78 is 13.8. The maximum atomic E-state index is 13.9. The number of fused-ring (bicyclic) bond motifs is 1. The summed E-state index contributed by atoms with van der Waals surface area (Å²) in [5.74, 6) is -2.87. The lowest BCUT2D eigenvalue weighted by Crippen LogP contribution is -2.48. The van der Waals surface area contributed by atoms with Gasteiger partial charge < -0.3 is 15.3 Å². The topological polar surface area (TPSA) is 82.0 Å². The van der Waals surface area contributed by atoms with Crippen LogP contribution in [0, 0.1) is 5.82 Å². The Labute approximate surface area is 240 Å². The lowest BCUT2D eigenvalue weighted by Gasteiger charge is -2.26. The number of carbonyl (C=O) groups is 2. The van der Waals surface area contributed by atoms with Gasteiger partial charge in [0.25, 0.3) is 5.91 Å². The molecule has 0 radical (unpaired) electrons. The molecule has 1 heterocycles. The van der Waals surface area contributed by atoms with E-state index in [1.54, 1.807) is 13.1 Å². The maximum absolute atomic E-state index is 13.9. The third-order valence-electron chi connectivity index (χ3n) is 6.78. The average molecular weight is 576 g/mol. The third-order valence-corrected chi connectivity index (χ3v) is 7.52. The van der Waals surface area contributed by atoms with Crippen molar-refractivity contribution < 1.29 is 19.1 Å². The third kappa shape index (κ3) is 5.49. The van der Waals surface area contributed by atoms with E-state index in [-0.39, 0.29) is 10.0 Å². The van der Waals surface area contributed by atoms with Gasteiger partial charge in [-0.05, 0) is 41.5 Å². The molecule has 202 valence electrons. The highest BCUT2D eigenvalue weighted by molar-refractivity contribution is 6.42. The van der Waals surface area contributed by atoms with Gasteiger partial charge in [-0.15, -0.1) is 0 Å². The number of nitrogens with one attached hydrogen (secondary N) is 1. The van der Waals surface area contributed by atoms with Gasteiger partial charge in [0.1, 0.15) is 5.82 Å². The van der Waals surface area contributed by atoms with E-state index in [4.69, 9.17) is 28.2 Å². The molecule has 0 bridgehead atoms. The average Bonchev–Trinajstić information content (AvgIpc) is 3.06. The number of para-hydroxylation sites is 1. The number of aliphatic imine (C=N–C) groups is 1. The lowest BCUT2D eigenvalue weighted by molar-refractivity contribution is -0.130. The van der Waals surface area contributed by atoms with Gasteiger partial charge in [0.15, 0.2) is 0 Å². The Balaban J connectivity index is 1.56. The number of amides is 2. The van der Waals surface area contributed by atoms with E-state index in [1.165, 1.54) is 41.3 Å². The van der Waals surface area contributed by atoms with Gasteiger partial charge in [-0.1, -0.05) is 89.9 Å². The van der Waals surface area contributed by atoms with Gasteiger partial charge in [0, 0.05) is 18.2 Å². The predicted molar refractivity (Wildman–Crippen MR) is 154 cm³/mol. The first-order valence-corrected chi connectivity index (χ1v) is 13.2. The highest BCUT2D eigenvalue weighted by atomic mass is 35.5. The largest absolute Gasteiger partial charge is 0.387 e. The van der Waals surface area contributed by atoms with E-state index >= 15 is 0 Å². The zero-order valence-corrected chi connectivity index (χ0v) is 22.8. The molecule has 1 aliphatic heterocycles. The molecular formula is C31H24Cl2FN3O3. The van der Waals surface area contributed by atoms with Crippen molar-refractivity contribution in [1.29, 1.82) is 0 Å². The van der Waals surface area contributed by atoms with E-state index in [0.717, 1.165) is 11.1 Å². The van der Waals surface area contributed by atoms with Gasteiger partial charge in [-0.25, -0.2) is 9.38 Å². The van der Waals surface area contributed by atoms with Crippen molar-refractivity contribution in [3.8, 4) is 0 Å². The van der Waals surface area contributed by atoms with E-state index in [9.17, 15) is 19.1 Å². The molecular weight excluding hydrogens is 552 g/mol. The fraction of sp³-hybridized carbons (Fsp3) is 0.129. The Morgan fingerprint density at radius 2 is 1.57 bits per heavy atom. The fourth-order valence-corrected chi connectivity index (χ4v) is 5.01. The number of aliphatic hydroxyl groups excluding tert-OH is 1. The van der Waals surface area contributed by atoms with Crippen LogP contribution in [0.3, 0.4) is 0 Å². The summed E-state index contributed by atoms with van der Waals surface area (Å²) in [6.45, 7) is 0. The van der Waals surface area contributed by atoms with Gasteiger partial charge in [-0.3, -0.25) is 9.59 Å². The number of halogens is 3. The van der Waals surface area contributed by atoms with Crippen molar-refractivity contribution in [2.45, 2.75) is 18.2 Å². The quantitative estimate of drug-likeness (QED) is 0.300. The Hall–Kier alpha value is -4.04. The van der Waals surface area contributed by atoms with Gasteiger partial charge >= 0.3 is 0 Å². The van der Waals surface area contributed by atoms with Crippen molar-refractivity contribution in [3.63, 3.8) is 0 Å². The molecule has 0 aromatic heterocycles. The number of likely N-dealkylation sites (N-methyl/N-ethyl adjacent to an activating group) is 1. The van der Waals surface area contributed by atoms with Crippen LogP contribution in [-0.2, 0) is 9.59 Å². The maximum Gasteiger partial charge on any atom is 0.272 e. The molecule has 1 aliphatic rings. The highest BCUT2D eigenvalue weighted by Gasteiger charge is 2.36. The van der Waals surface area contributed by atoms with Crippen molar-refractivity contribution in [1.82, 2.24) is 5.32 Å². The molecule has 3 atom stereocenters. The number of anilines is 1. The van der Waals surface area contributed by atoms with E-state index in [2.05, 4.69) is 5.32 Å². The molecule has 0 saturated heterocycles. The van der Waals surface area contributed by atoms with Crippen molar-refractivity contribution in [2.24, 2.45) is 4.99 Å². The Morgan fingerprint density at radius 3 is 2.27 bits per heavy atom. The van der Waals surface area contributed by atoms with Gasteiger partial charge in [0.2, 0.25) is 12.1 Å². The standard InChI is InChI=1S/C31H24Cl2FN3O3/c1-37-25-10-6-5-9-22(25)27(19-7-3-2-4-8-19)35-29(31(37)40)36-30(39)26(18-11-14-21(34)15-12-18)28(38)20-13-16-23(32)24(33)17-20/h2-17,26,28-29,38H,1H3,(H,36,39)/t26-,28?,29+/m0/s1. The van der Waals surface area contributed by atoms with Crippen molar-refractivity contribution >= 4 is 46.4 Å². The summed E-state index contributed by atoms with van der Waals surface area (Å²) in [6, 6.07) is 26.5. The molecule has 9 heteroatoms. The minimum atomic E-state index is -1.39. The zero-order valence-electron chi connectivity index (χ0n) is 21.3.